The molecule has 0 heterocycles. The monoisotopic (exact) mass is 325 g/mol. The molecule has 0 fully saturated rings. The molecule has 1 aromatic rings. The highest BCUT2D eigenvalue weighted by Crippen LogP contribution is 2.20. The molecule has 0 aliphatic rings. The van der Waals surface area contributed by atoms with Crippen LogP contribution in [-0.2, 0) is 0 Å². The number of nitrogens with zero attached hydrogens (tertiary/aromatic N) is 1. The van der Waals surface area contributed by atoms with Gasteiger partial charge >= 0.3 is 0 Å². The lowest BCUT2D eigenvalue weighted by Crippen LogP contribution is -2.38. The zero-order chi connectivity index (χ0) is 14.6. The van der Waals surface area contributed by atoms with Crippen LogP contribution >= 0.6 is 15.9 Å². The summed E-state index contributed by atoms with van der Waals surface area (Å²) in [7, 11) is 0. The fourth-order valence-electron chi connectivity index (χ4n) is 2.49. The van der Waals surface area contributed by atoms with Crippen molar-refractivity contribution >= 4 is 21.8 Å². The summed E-state index contributed by atoms with van der Waals surface area (Å²) in [5.41, 5.74) is 4.23. The fourth-order valence-corrected chi connectivity index (χ4v) is 2.74. The van der Waals surface area contributed by atoms with Crippen molar-refractivity contribution in [2.75, 3.05) is 11.9 Å². The SMILES string of the molecule is Cc1cc(C)c(C(=O)N(CCCBr)C(C)C)c(C)c1. The molecule has 2 nitrogen and oxygen atoms in total. The van der Waals surface area contributed by atoms with E-state index in [1.807, 2.05) is 18.7 Å². The summed E-state index contributed by atoms with van der Waals surface area (Å²) < 4.78 is 0. The van der Waals surface area contributed by atoms with Gasteiger partial charge in [0.15, 0.2) is 0 Å². The van der Waals surface area contributed by atoms with E-state index < -0.39 is 0 Å². The van der Waals surface area contributed by atoms with E-state index in [2.05, 4.69) is 48.8 Å². The van der Waals surface area contributed by atoms with Crippen LogP contribution in [0.5, 0.6) is 0 Å². The van der Waals surface area contributed by atoms with Crippen molar-refractivity contribution in [1.29, 1.82) is 0 Å². The van der Waals surface area contributed by atoms with Gasteiger partial charge in [-0.1, -0.05) is 33.6 Å². The van der Waals surface area contributed by atoms with Gasteiger partial charge in [-0.25, -0.2) is 0 Å². The summed E-state index contributed by atoms with van der Waals surface area (Å²) in [5.74, 6) is 0.158. The van der Waals surface area contributed by atoms with Crippen LogP contribution in [0, 0.1) is 20.8 Å². The minimum Gasteiger partial charge on any atom is -0.336 e. The number of aryl methyl sites for hydroxylation is 3. The van der Waals surface area contributed by atoms with Crippen LogP contribution in [0.2, 0.25) is 0 Å². The zero-order valence-electron chi connectivity index (χ0n) is 12.6. The molecule has 19 heavy (non-hydrogen) atoms. The molecule has 1 amide bonds. The van der Waals surface area contributed by atoms with E-state index in [4.69, 9.17) is 0 Å². The van der Waals surface area contributed by atoms with Crippen molar-refractivity contribution < 1.29 is 4.79 Å². The third-order valence-corrected chi connectivity index (χ3v) is 3.87. The van der Waals surface area contributed by atoms with Crippen molar-refractivity contribution in [3.8, 4) is 0 Å². The minimum absolute atomic E-state index is 0.158. The first-order valence-electron chi connectivity index (χ1n) is 6.83. The lowest BCUT2D eigenvalue weighted by atomic mass is 9.98. The number of rotatable bonds is 5. The molecule has 0 saturated carbocycles. The van der Waals surface area contributed by atoms with Crippen LogP contribution in [0.4, 0.5) is 0 Å². The van der Waals surface area contributed by atoms with E-state index in [0.29, 0.717) is 0 Å². The maximum absolute atomic E-state index is 12.8. The molecule has 3 heteroatoms. The predicted octanol–water partition coefficient (Wildman–Crippen LogP) is 4.25. The predicted molar refractivity (Wildman–Crippen MR) is 85.2 cm³/mol. The molecule has 0 atom stereocenters. The Labute approximate surface area is 125 Å². The topological polar surface area (TPSA) is 20.3 Å². The molecule has 0 saturated heterocycles. The smallest absolute Gasteiger partial charge is 0.254 e. The molecule has 0 aliphatic carbocycles. The molecule has 106 valence electrons. The molecule has 0 radical (unpaired) electrons. The van der Waals surface area contributed by atoms with Gasteiger partial charge < -0.3 is 4.90 Å². The molecular weight excluding hydrogens is 302 g/mol. The lowest BCUT2D eigenvalue weighted by Gasteiger charge is -2.28. The number of carbonyl (C=O) groups is 1. The highest BCUT2D eigenvalue weighted by molar-refractivity contribution is 9.09. The Bertz CT molecular complexity index is 431. The Balaban J connectivity index is 3.09. The fraction of sp³-hybridized carbons (Fsp3) is 0.562. The van der Waals surface area contributed by atoms with E-state index in [9.17, 15) is 4.79 Å². The van der Waals surface area contributed by atoms with Gasteiger partial charge in [-0.05, 0) is 52.2 Å². The van der Waals surface area contributed by atoms with Gasteiger partial charge in [0.05, 0.1) is 0 Å². The second kappa shape index (κ2) is 7.09. The number of halogens is 1. The van der Waals surface area contributed by atoms with Gasteiger partial charge in [-0.2, -0.15) is 0 Å². The number of amides is 1. The summed E-state index contributed by atoms with van der Waals surface area (Å²) in [4.78, 5) is 14.7. The van der Waals surface area contributed by atoms with Crippen LogP contribution < -0.4 is 0 Å². The first-order valence-corrected chi connectivity index (χ1v) is 7.95. The molecule has 0 N–H and O–H groups in total. The Morgan fingerprint density at radius 2 is 1.74 bits per heavy atom. The van der Waals surface area contributed by atoms with Crippen LogP contribution in [-0.4, -0.2) is 28.7 Å². The summed E-state index contributed by atoms with van der Waals surface area (Å²) in [6, 6.07) is 4.40. The van der Waals surface area contributed by atoms with E-state index in [1.165, 1.54) is 5.56 Å². The van der Waals surface area contributed by atoms with E-state index >= 15 is 0 Å². The Morgan fingerprint density at radius 1 is 1.21 bits per heavy atom. The average molecular weight is 326 g/mol. The molecule has 1 aromatic carbocycles. The van der Waals surface area contributed by atoms with Crippen LogP contribution in [0.15, 0.2) is 12.1 Å². The first-order chi connectivity index (χ1) is 8.88. The van der Waals surface area contributed by atoms with Crippen LogP contribution in [0.1, 0.15) is 47.3 Å². The highest BCUT2D eigenvalue weighted by atomic mass is 79.9. The second-order valence-corrected chi connectivity index (χ2v) is 6.20. The van der Waals surface area contributed by atoms with E-state index in [-0.39, 0.29) is 11.9 Å². The van der Waals surface area contributed by atoms with E-state index in [0.717, 1.165) is 35.0 Å². The average Bonchev–Trinajstić information content (AvgIpc) is 2.27. The Morgan fingerprint density at radius 3 is 2.16 bits per heavy atom. The molecule has 0 aliphatic heterocycles. The summed E-state index contributed by atoms with van der Waals surface area (Å²) in [5, 5.41) is 0.926. The van der Waals surface area contributed by atoms with Crippen molar-refractivity contribution in [2.24, 2.45) is 0 Å². The molecular formula is C16H24BrNO. The maximum Gasteiger partial charge on any atom is 0.254 e. The second-order valence-electron chi connectivity index (χ2n) is 5.41. The maximum atomic E-state index is 12.8. The molecule has 0 bridgehead atoms. The quantitative estimate of drug-likeness (QED) is 0.741. The van der Waals surface area contributed by atoms with Crippen molar-refractivity contribution in [3.05, 3.63) is 34.4 Å². The van der Waals surface area contributed by atoms with Gasteiger partial charge in [0.25, 0.3) is 5.91 Å². The summed E-state index contributed by atoms with van der Waals surface area (Å²) in [6.07, 6.45) is 0.980. The molecule has 0 unspecified atom stereocenters. The van der Waals surface area contributed by atoms with Gasteiger partial charge in [0, 0.05) is 23.5 Å². The van der Waals surface area contributed by atoms with Crippen molar-refractivity contribution in [3.63, 3.8) is 0 Å². The normalized spacial score (nSPS) is 10.9. The molecule has 0 spiro atoms. The highest BCUT2D eigenvalue weighted by Gasteiger charge is 2.21. The molecule has 1 rings (SSSR count). The third kappa shape index (κ3) is 4.07. The van der Waals surface area contributed by atoms with Gasteiger partial charge in [-0.3, -0.25) is 4.79 Å². The van der Waals surface area contributed by atoms with Crippen LogP contribution in [0.3, 0.4) is 0 Å². The number of hydrogen-bond donors (Lipinski definition) is 0. The van der Waals surface area contributed by atoms with Gasteiger partial charge in [0.1, 0.15) is 0 Å². The largest absolute Gasteiger partial charge is 0.336 e. The summed E-state index contributed by atoms with van der Waals surface area (Å²) >= 11 is 3.43. The van der Waals surface area contributed by atoms with Crippen molar-refractivity contribution in [2.45, 2.75) is 47.1 Å². The van der Waals surface area contributed by atoms with Crippen molar-refractivity contribution in [1.82, 2.24) is 4.90 Å². The number of hydrogen-bond acceptors (Lipinski definition) is 1. The summed E-state index contributed by atoms with van der Waals surface area (Å²) in [6.45, 7) is 11.1. The number of alkyl halides is 1. The zero-order valence-corrected chi connectivity index (χ0v) is 14.2. The number of benzene rings is 1. The molecule has 0 aromatic heterocycles. The lowest BCUT2D eigenvalue weighted by molar-refractivity contribution is 0.0705. The first kappa shape index (κ1) is 16.2. The Hall–Kier alpha value is -0.830. The minimum atomic E-state index is 0.158. The third-order valence-electron chi connectivity index (χ3n) is 3.31. The van der Waals surface area contributed by atoms with Crippen LogP contribution in [0.25, 0.3) is 0 Å². The number of carbonyl (C=O) groups excluding carboxylic acids is 1. The van der Waals surface area contributed by atoms with E-state index in [1.54, 1.807) is 0 Å². The van der Waals surface area contributed by atoms with Gasteiger partial charge in [-0.15, -0.1) is 0 Å². The standard InChI is InChI=1S/C16H24BrNO/c1-11(2)18(8-6-7-17)16(19)15-13(4)9-12(3)10-14(15)5/h9-11H,6-8H2,1-5H3. The Kier molecular flexibility index (Phi) is 6.05. The van der Waals surface area contributed by atoms with Gasteiger partial charge in [0.2, 0.25) is 0 Å².